The van der Waals surface area contributed by atoms with E-state index >= 15 is 0 Å². The molecule has 1 fully saturated rings. The van der Waals surface area contributed by atoms with Crippen LogP contribution in [0.3, 0.4) is 0 Å². The third kappa shape index (κ3) is 3.54. The van der Waals surface area contributed by atoms with Crippen molar-refractivity contribution in [2.75, 3.05) is 13.1 Å². The molecule has 1 aliphatic rings. The normalized spacial score (nSPS) is 21.9. The number of nitrogens with zero attached hydrogens (tertiary/aromatic N) is 1. The van der Waals surface area contributed by atoms with Crippen LogP contribution in [0.2, 0.25) is 0 Å². The molecule has 1 aromatic rings. The van der Waals surface area contributed by atoms with Gasteiger partial charge < -0.3 is 14.7 Å². The molecule has 1 saturated heterocycles. The lowest BCUT2D eigenvalue weighted by molar-refractivity contribution is -0.152. The number of carboxylic acids is 1. The van der Waals surface area contributed by atoms with Crippen molar-refractivity contribution in [3.8, 4) is 0 Å². The van der Waals surface area contributed by atoms with Gasteiger partial charge in [0.25, 0.3) is 0 Å². The predicted octanol–water partition coefficient (Wildman–Crippen LogP) is 2.90. The second-order valence-electron chi connectivity index (χ2n) is 5.50. The minimum atomic E-state index is -0.829. The van der Waals surface area contributed by atoms with E-state index in [1.54, 1.807) is 0 Å². The SMILES string of the molecule is CC[C@]1(C(=O)O)CCCN(C(=O)OCc2ccccc2)C1. The van der Waals surface area contributed by atoms with Crippen LogP contribution in [0.5, 0.6) is 0 Å². The highest BCUT2D eigenvalue weighted by atomic mass is 16.6. The van der Waals surface area contributed by atoms with E-state index in [2.05, 4.69) is 0 Å². The first-order valence-corrected chi connectivity index (χ1v) is 7.26. The number of aliphatic carboxylic acids is 1. The summed E-state index contributed by atoms with van der Waals surface area (Å²) in [7, 11) is 0. The van der Waals surface area contributed by atoms with Gasteiger partial charge in [0.05, 0.1) is 5.41 Å². The first-order chi connectivity index (χ1) is 10.1. The highest BCUT2D eigenvalue weighted by molar-refractivity contribution is 5.77. The van der Waals surface area contributed by atoms with Crippen LogP contribution in [0, 0.1) is 5.41 Å². The van der Waals surface area contributed by atoms with Gasteiger partial charge >= 0.3 is 12.1 Å². The van der Waals surface area contributed by atoms with Gasteiger partial charge in [-0.1, -0.05) is 37.3 Å². The second-order valence-corrected chi connectivity index (χ2v) is 5.50. The number of benzene rings is 1. The van der Waals surface area contributed by atoms with E-state index in [-0.39, 0.29) is 13.2 Å². The average molecular weight is 291 g/mol. The molecule has 1 N–H and O–H groups in total. The molecule has 2 rings (SSSR count). The Kier molecular flexibility index (Phi) is 4.83. The monoisotopic (exact) mass is 291 g/mol. The summed E-state index contributed by atoms with van der Waals surface area (Å²) in [6.45, 7) is 2.85. The minimum absolute atomic E-state index is 0.211. The molecule has 0 aromatic heterocycles. The number of hydrogen-bond donors (Lipinski definition) is 1. The highest BCUT2D eigenvalue weighted by Crippen LogP contribution is 2.33. The lowest BCUT2D eigenvalue weighted by Crippen LogP contribution is -2.49. The minimum Gasteiger partial charge on any atom is -0.481 e. The number of piperidine rings is 1. The summed E-state index contributed by atoms with van der Waals surface area (Å²) in [5, 5.41) is 9.42. The van der Waals surface area contributed by atoms with Gasteiger partial charge in [0.15, 0.2) is 0 Å². The summed E-state index contributed by atoms with van der Waals surface area (Å²) in [6.07, 6.45) is 1.39. The Morgan fingerprint density at radius 3 is 2.67 bits per heavy atom. The predicted molar refractivity (Wildman–Crippen MR) is 77.8 cm³/mol. The second kappa shape index (κ2) is 6.61. The number of rotatable bonds is 4. The van der Waals surface area contributed by atoms with Crippen molar-refractivity contribution in [1.82, 2.24) is 4.90 Å². The summed E-state index contributed by atoms with van der Waals surface area (Å²) >= 11 is 0. The molecule has 1 heterocycles. The van der Waals surface area contributed by atoms with E-state index in [9.17, 15) is 14.7 Å². The Balaban J connectivity index is 1.94. The zero-order valence-electron chi connectivity index (χ0n) is 12.2. The summed E-state index contributed by atoms with van der Waals surface area (Å²) in [4.78, 5) is 25.1. The molecule has 114 valence electrons. The average Bonchev–Trinajstić information content (AvgIpc) is 2.53. The molecule has 5 nitrogen and oxygen atoms in total. The zero-order chi connectivity index (χ0) is 15.3. The fourth-order valence-corrected chi connectivity index (χ4v) is 2.71. The Morgan fingerprint density at radius 1 is 1.33 bits per heavy atom. The maximum atomic E-state index is 12.1. The number of likely N-dealkylation sites (tertiary alicyclic amines) is 1. The molecule has 1 aliphatic heterocycles. The molecule has 0 spiro atoms. The third-order valence-corrected chi connectivity index (χ3v) is 4.17. The number of amides is 1. The topological polar surface area (TPSA) is 66.8 Å². The van der Waals surface area contributed by atoms with Crippen LogP contribution in [0.25, 0.3) is 0 Å². The fraction of sp³-hybridized carbons (Fsp3) is 0.500. The molecular formula is C16H21NO4. The van der Waals surface area contributed by atoms with Crippen molar-refractivity contribution in [3.05, 3.63) is 35.9 Å². The molecule has 0 radical (unpaired) electrons. The maximum Gasteiger partial charge on any atom is 0.410 e. The van der Waals surface area contributed by atoms with Crippen molar-refractivity contribution in [2.45, 2.75) is 32.8 Å². The van der Waals surface area contributed by atoms with Gasteiger partial charge in [0.2, 0.25) is 0 Å². The van der Waals surface area contributed by atoms with E-state index in [0.717, 1.165) is 5.56 Å². The maximum absolute atomic E-state index is 12.1. The molecule has 1 aromatic carbocycles. The summed E-state index contributed by atoms with van der Waals surface area (Å²) in [6, 6.07) is 9.44. The van der Waals surface area contributed by atoms with Gasteiger partial charge in [0, 0.05) is 13.1 Å². The van der Waals surface area contributed by atoms with Gasteiger partial charge in [0.1, 0.15) is 6.61 Å². The molecule has 5 heteroatoms. The highest BCUT2D eigenvalue weighted by Gasteiger charge is 2.42. The van der Waals surface area contributed by atoms with Gasteiger partial charge in [-0.2, -0.15) is 0 Å². The molecule has 0 bridgehead atoms. The Labute approximate surface area is 124 Å². The standard InChI is InChI=1S/C16H21NO4/c1-2-16(14(18)19)9-6-10-17(12-16)15(20)21-11-13-7-4-3-5-8-13/h3-5,7-8H,2,6,9-12H2,1H3,(H,18,19)/t16-/m0/s1. The van der Waals surface area contributed by atoms with Crippen molar-refractivity contribution in [3.63, 3.8) is 0 Å². The molecule has 1 atom stereocenters. The summed E-state index contributed by atoms with van der Waals surface area (Å²) in [5.41, 5.74) is 0.0900. The van der Waals surface area contributed by atoms with E-state index < -0.39 is 17.5 Å². The van der Waals surface area contributed by atoms with Crippen molar-refractivity contribution in [2.24, 2.45) is 5.41 Å². The van der Waals surface area contributed by atoms with Crippen LogP contribution < -0.4 is 0 Å². The number of carbonyl (C=O) groups excluding carboxylic acids is 1. The Morgan fingerprint density at radius 2 is 2.05 bits per heavy atom. The quantitative estimate of drug-likeness (QED) is 0.926. The molecule has 0 unspecified atom stereocenters. The van der Waals surface area contributed by atoms with E-state index in [1.165, 1.54) is 4.90 Å². The first kappa shape index (κ1) is 15.4. The van der Waals surface area contributed by atoms with E-state index in [4.69, 9.17) is 4.74 Å². The van der Waals surface area contributed by atoms with Gasteiger partial charge in [-0.15, -0.1) is 0 Å². The van der Waals surface area contributed by atoms with Crippen LogP contribution >= 0.6 is 0 Å². The van der Waals surface area contributed by atoms with Crippen molar-refractivity contribution < 1.29 is 19.4 Å². The first-order valence-electron chi connectivity index (χ1n) is 7.26. The van der Waals surface area contributed by atoms with Crippen LogP contribution in [0.15, 0.2) is 30.3 Å². The largest absolute Gasteiger partial charge is 0.481 e. The van der Waals surface area contributed by atoms with Crippen LogP contribution in [-0.4, -0.2) is 35.2 Å². The van der Waals surface area contributed by atoms with E-state index in [1.807, 2.05) is 37.3 Å². The Hall–Kier alpha value is -2.04. The lowest BCUT2D eigenvalue weighted by atomic mass is 9.78. The molecule has 0 saturated carbocycles. The summed E-state index contributed by atoms with van der Waals surface area (Å²) in [5.74, 6) is -0.828. The van der Waals surface area contributed by atoms with Crippen molar-refractivity contribution in [1.29, 1.82) is 0 Å². The van der Waals surface area contributed by atoms with Crippen LogP contribution in [0.1, 0.15) is 31.7 Å². The fourth-order valence-electron chi connectivity index (χ4n) is 2.71. The zero-order valence-corrected chi connectivity index (χ0v) is 12.2. The lowest BCUT2D eigenvalue weighted by Gasteiger charge is -2.38. The number of carbonyl (C=O) groups is 2. The van der Waals surface area contributed by atoms with E-state index in [0.29, 0.717) is 25.8 Å². The molecule has 21 heavy (non-hydrogen) atoms. The van der Waals surface area contributed by atoms with Gasteiger partial charge in [-0.05, 0) is 24.8 Å². The van der Waals surface area contributed by atoms with Gasteiger partial charge in [-0.25, -0.2) is 4.79 Å². The molecule has 0 aliphatic carbocycles. The van der Waals surface area contributed by atoms with Crippen LogP contribution in [-0.2, 0) is 16.1 Å². The number of carboxylic acid groups (broad SMARTS) is 1. The molecule has 1 amide bonds. The van der Waals surface area contributed by atoms with Crippen molar-refractivity contribution >= 4 is 12.1 Å². The Bertz CT molecular complexity index is 502. The smallest absolute Gasteiger partial charge is 0.410 e. The van der Waals surface area contributed by atoms with Gasteiger partial charge in [-0.3, -0.25) is 4.79 Å². The number of hydrogen-bond acceptors (Lipinski definition) is 3. The number of ether oxygens (including phenoxy) is 1. The third-order valence-electron chi connectivity index (χ3n) is 4.17. The molecular weight excluding hydrogens is 270 g/mol. The summed E-state index contributed by atoms with van der Waals surface area (Å²) < 4.78 is 5.28. The van der Waals surface area contributed by atoms with Crippen LogP contribution in [0.4, 0.5) is 4.79 Å².